The molecule has 0 atom stereocenters. The summed E-state index contributed by atoms with van der Waals surface area (Å²) < 4.78 is 49.6. The average molecular weight is 282 g/mol. The van der Waals surface area contributed by atoms with Gasteiger partial charge in [0.1, 0.15) is 11.6 Å². The Hall–Kier alpha value is -1.75. The monoisotopic (exact) mass is 282 g/mol. The molecule has 0 amide bonds. The van der Waals surface area contributed by atoms with Crippen LogP contribution in [0.3, 0.4) is 0 Å². The van der Waals surface area contributed by atoms with Gasteiger partial charge in [0, 0.05) is 0 Å². The summed E-state index contributed by atoms with van der Waals surface area (Å²) in [6.07, 6.45) is 0. The first-order valence-electron chi connectivity index (χ1n) is 5.64. The predicted molar refractivity (Wildman–Crippen MR) is 69.1 cm³/mol. The Morgan fingerprint density at radius 1 is 0.789 bits per heavy atom. The highest BCUT2D eigenvalue weighted by atomic mass is 32.2. The van der Waals surface area contributed by atoms with Crippen LogP contribution in [0.4, 0.5) is 8.78 Å². The number of halogens is 2. The van der Waals surface area contributed by atoms with E-state index >= 15 is 0 Å². The van der Waals surface area contributed by atoms with Crippen LogP contribution < -0.4 is 0 Å². The van der Waals surface area contributed by atoms with Gasteiger partial charge in [-0.3, -0.25) is 0 Å². The van der Waals surface area contributed by atoms with E-state index < -0.39 is 21.5 Å². The fraction of sp³-hybridized carbons (Fsp3) is 0.143. The number of benzene rings is 2. The number of sulfone groups is 1. The first kappa shape index (κ1) is 13.7. The van der Waals surface area contributed by atoms with Gasteiger partial charge in [-0.2, -0.15) is 0 Å². The zero-order valence-electron chi connectivity index (χ0n) is 10.0. The molecule has 0 heterocycles. The molecule has 2 nitrogen and oxygen atoms in total. The van der Waals surface area contributed by atoms with Crippen LogP contribution in [-0.4, -0.2) is 8.42 Å². The average Bonchev–Trinajstić information content (AvgIpc) is 2.31. The van der Waals surface area contributed by atoms with E-state index in [1.165, 1.54) is 42.5 Å². The second-order valence-corrected chi connectivity index (χ2v) is 6.35. The molecule has 0 radical (unpaired) electrons. The van der Waals surface area contributed by atoms with Crippen LogP contribution in [0.15, 0.2) is 48.5 Å². The molecule has 0 aromatic heterocycles. The van der Waals surface area contributed by atoms with Crippen LogP contribution in [0.25, 0.3) is 0 Å². The molecular formula is C14H12F2O2S. The molecule has 100 valence electrons. The Balaban J connectivity index is 2.13. The number of hydrogen-bond donors (Lipinski definition) is 0. The molecule has 19 heavy (non-hydrogen) atoms. The molecule has 0 aliphatic carbocycles. The molecule has 5 heteroatoms. The van der Waals surface area contributed by atoms with Gasteiger partial charge >= 0.3 is 0 Å². The third-order valence-corrected chi connectivity index (χ3v) is 4.12. The molecule has 0 saturated heterocycles. The van der Waals surface area contributed by atoms with Crippen molar-refractivity contribution in [3.8, 4) is 0 Å². The van der Waals surface area contributed by atoms with Gasteiger partial charge in [0.05, 0.1) is 11.5 Å². The smallest absolute Gasteiger partial charge is 0.158 e. The van der Waals surface area contributed by atoms with E-state index in [-0.39, 0.29) is 11.5 Å². The maximum Gasteiger partial charge on any atom is 0.158 e. The van der Waals surface area contributed by atoms with Crippen LogP contribution in [0.1, 0.15) is 11.1 Å². The standard InChI is InChI=1S/C14H12F2O2S/c15-13-6-4-11(5-7-13)9-19(17,18)10-12-2-1-3-14(16)8-12/h1-8H,9-10H2. The molecule has 0 unspecified atom stereocenters. The van der Waals surface area contributed by atoms with Crippen molar-refractivity contribution in [1.29, 1.82) is 0 Å². The van der Waals surface area contributed by atoms with Crippen molar-refractivity contribution in [3.63, 3.8) is 0 Å². The van der Waals surface area contributed by atoms with Crippen molar-refractivity contribution < 1.29 is 17.2 Å². The lowest BCUT2D eigenvalue weighted by Gasteiger charge is -2.05. The highest BCUT2D eigenvalue weighted by Gasteiger charge is 2.13. The molecule has 2 rings (SSSR count). The maximum atomic E-state index is 13.0. The maximum absolute atomic E-state index is 13.0. The van der Waals surface area contributed by atoms with Gasteiger partial charge in [-0.25, -0.2) is 17.2 Å². The molecule has 0 bridgehead atoms. The number of rotatable bonds is 4. The van der Waals surface area contributed by atoms with E-state index in [4.69, 9.17) is 0 Å². The Labute approximate surface area is 110 Å². The van der Waals surface area contributed by atoms with E-state index in [0.717, 1.165) is 0 Å². The SMILES string of the molecule is O=S(=O)(Cc1ccc(F)cc1)Cc1cccc(F)c1. The van der Waals surface area contributed by atoms with Gasteiger partial charge in [-0.1, -0.05) is 24.3 Å². The van der Waals surface area contributed by atoms with Crippen LogP contribution in [0.5, 0.6) is 0 Å². The summed E-state index contributed by atoms with van der Waals surface area (Å²) in [5.41, 5.74) is 0.917. The lowest BCUT2D eigenvalue weighted by molar-refractivity contribution is 0.593. The molecule has 0 spiro atoms. The molecule has 0 saturated carbocycles. The fourth-order valence-electron chi connectivity index (χ4n) is 1.77. The summed E-state index contributed by atoms with van der Waals surface area (Å²) in [4.78, 5) is 0. The summed E-state index contributed by atoms with van der Waals surface area (Å²) >= 11 is 0. The van der Waals surface area contributed by atoms with Gasteiger partial charge in [0.15, 0.2) is 9.84 Å². The largest absolute Gasteiger partial charge is 0.228 e. The van der Waals surface area contributed by atoms with Gasteiger partial charge in [0.25, 0.3) is 0 Å². The van der Waals surface area contributed by atoms with Crippen molar-refractivity contribution >= 4 is 9.84 Å². The van der Waals surface area contributed by atoms with Gasteiger partial charge in [-0.05, 0) is 35.4 Å². The van der Waals surface area contributed by atoms with E-state index in [1.807, 2.05) is 0 Å². The Morgan fingerprint density at radius 2 is 1.42 bits per heavy atom. The minimum absolute atomic E-state index is 0.191. The normalized spacial score (nSPS) is 11.5. The lowest BCUT2D eigenvalue weighted by Crippen LogP contribution is -2.07. The van der Waals surface area contributed by atoms with Crippen LogP contribution in [0.2, 0.25) is 0 Å². The van der Waals surface area contributed by atoms with Gasteiger partial charge < -0.3 is 0 Å². The van der Waals surface area contributed by atoms with Crippen molar-refractivity contribution in [2.75, 3.05) is 0 Å². The summed E-state index contributed by atoms with van der Waals surface area (Å²) in [7, 11) is -3.41. The quantitative estimate of drug-likeness (QED) is 0.863. The van der Waals surface area contributed by atoms with E-state index in [2.05, 4.69) is 0 Å². The lowest BCUT2D eigenvalue weighted by atomic mass is 10.2. The first-order chi connectivity index (χ1) is 8.94. The van der Waals surface area contributed by atoms with Crippen molar-refractivity contribution in [1.82, 2.24) is 0 Å². The zero-order valence-corrected chi connectivity index (χ0v) is 10.8. The molecular weight excluding hydrogens is 270 g/mol. The highest BCUT2D eigenvalue weighted by molar-refractivity contribution is 7.89. The first-order valence-corrected chi connectivity index (χ1v) is 7.46. The van der Waals surface area contributed by atoms with Crippen LogP contribution >= 0.6 is 0 Å². The molecule has 0 aliphatic heterocycles. The van der Waals surface area contributed by atoms with Crippen molar-refractivity contribution in [3.05, 3.63) is 71.3 Å². The molecule has 0 fully saturated rings. The van der Waals surface area contributed by atoms with Crippen molar-refractivity contribution in [2.45, 2.75) is 11.5 Å². The highest BCUT2D eigenvalue weighted by Crippen LogP contribution is 2.14. The Morgan fingerprint density at radius 3 is 2.05 bits per heavy atom. The third-order valence-electron chi connectivity index (χ3n) is 2.58. The number of hydrogen-bond acceptors (Lipinski definition) is 2. The minimum atomic E-state index is -3.41. The van der Waals surface area contributed by atoms with E-state index in [9.17, 15) is 17.2 Å². The predicted octanol–water partition coefficient (Wildman–Crippen LogP) is 3.08. The molecule has 2 aromatic carbocycles. The second kappa shape index (κ2) is 5.48. The summed E-state index contributed by atoms with van der Waals surface area (Å²) in [6, 6.07) is 10.8. The molecule has 0 N–H and O–H groups in total. The zero-order chi connectivity index (χ0) is 13.9. The minimum Gasteiger partial charge on any atom is -0.228 e. The summed E-state index contributed by atoms with van der Waals surface area (Å²) in [5, 5.41) is 0. The van der Waals surface area contributed by atoms with Gasteiger partial charge in [-0.15, -0.1) is 0 Å². The Bertz CT molecular complexity index is 664. The van der Waals surface area contributed by atoms with Gasteiger partial charge in [0.2, 0.25) is 0 Å². The van der Waals surface area contributed by atoms with E-state index in [0.29, 0.717) is 11.1 Å². The molecule has 0 aliphatic rings. The molecule has 2 aromatic rings. The summed E-state index contributed by atoms with van der Waals surface area (Å²) in [6.45, 7) is 0. The Kier molecular flexibility index (Phi) is 3.95. The van der Waals surface area contributed by atoms with E-state index in [1.54, 1.807) is 6.07 Å². The van der Waals surface area contributed by atoms with Crippen LogP contribution in [-0.2, 0) is 21.3 Å². The summed E-state index contributed by atoms with van der Waals surface area (Å²) in [5.74, 6) is -1.30. The fourth-order valence-corrected chi connectivity index (χ4v) is 3.26. The third kappa shape index (κ3) is 4.13. The van der Waals surface area contributed by atoms with Crippen molar-refractivity contribution in [2.24, 2.45) is 0 Å². The van der Waals surface area contributed by atoms with Crippen LogP contribution in [0, 0.1) is 11.6 Å². The topological polar surface area (TPSA) is 34.1 Å². The second-order valence-electron chi connectivity index (χ2n) is 4.29.